The largest absolute Gasteiger partial charge is 0.388 e. The Morgan fingerprint density at radius 2 is 1.95 bits per heavy atom. The number of hydrogen-bond donors (Lipinski definition) is 2. The summed E-state index contributed by atoms with van der Waals surface area (Å²) < 4.78 is 28.6. The number of nitrogens with one attached hydrogen (secondary N) is 2. The third kappa shape index (κ3) is 3.14. The highest BCUT2D eigenvalue weighted by molar-refractivity contribution is 7.89. The molecule has 2 rings (SSSR count). The molecule has 0 saturated carbocycles. The Labute approximate surface area is 118 Å². The molecule has 20 heavy (non-hydrogen) atoms. The van der Waals surface area contributed by atoms with Gasteiger partial charge in [0.1, 0.15) is 12.2 Å². The molecule has 1 aromatic heterocycles. The first-order valence-corrected chi connectivity index (χ1v) is 7.69. The lowest BCUT2D eigenvalue weighted by Gasteiger charge is -2.08. The number of sulfonamides is 1. The zero-order chi connectivity index (χ0) is 14.6. The standard InChI is InChI=1S/C12H17N5O2S/c1-3-17-9-14-16-12(17)8-15-20(18,19)11-6-4-10(13-2)5-7-11/h4-7,9,13,15H,3,8H2,1-2H3. The minimum absolute atomic E-state index is 0.115. The fraction of sp³-hybridized carbons (Fsp3) is 0.333. The van der Waals surface area contributed by atoms with E-state index in [9.17, 15) is 8.42 Å². The summed E-state index contributed by atoms with van der Waals surface area (Å²) in [6.07, 6.45) is 1.57. The first-order valence-electron chi connectivity index (χ1n) is 6.21. The Bertz CT molecular complexity index is 663. The number of rotatable bonds is 6. The van der Waals surface area contributed by atoms with Gasteiger partial charge in [0, 0.05) is 19.3 Å². The molecular weight excluding hydrogens is 278 g/mol. The molecule has 1 aromatic carbocycles. The van der Waals surface area contributed by atoms with E-state index in [1.807, 2.05) is 6.92 Å². The average molecular weight is 295 g/mol. The SMILES string of the molecule is CCn1cnnc1CNS(=O)(=O)c1ccc(NC)cc1. The zero-order valence-electron chi connectivity index (χ0n) is 11.4. The lowest BCUT2D eigenvalue weighted by Crippen LogP contribution is -2.25. The number of aromatic nitrogens is 3. The van der Waals surface area contributed by atoms with Gasteiger partial charge < -0.3 is 9.88 Å². The van der Waals surface area contributed by atoms with Crippen LogP contribution in [0.1, 0.15) is 12.7 Å². The minimum Gasteiger partial charge on any atom is -0.388 e. The summed E-state index contributed by atoms with van der Waals surface area (Å²) in [7, 11) is -1.77. The van der Waals surface area contributed by atoms with Crippen LogP contribution in [0.15, 0.2) is 35.5 Å². The van der Waals surface area contributed by atoms with Crippen molar-refractivity contribution in [2.24, 2.45) is 0 Å². The molecule has 0 aliphatic rings. The molecule has 2 N–H and O–H groups in total. The van der Waals surface area contributed by atoms with Crippen LogP contribution < -0.4 is 10.0 Å². The molecule has 0 bridgehead atoms. The Kier molecular flexibility index (Phi) is 4.35. The van der Waals surface area contributed by atoms with Gasteiger partial charge in [-0.05, 0) is 31.2 Å². The van der Waals surface area contributed by atoms with Crippen LogP contribution in [-0.4, -0.2) is 30.2 Å². The zero-order valence-corrected chi connectivity index (χ0v) is 12.2. The summed E-state index contributed by atoms with van der Waals surface area (Å²) in [5, 5.41) is 10.6. The molecule has 108 valence electrons. The molecule has 0 amide bonds. The summed E-state index contributed by atoms with van der Waals surface area (Å²) in [5.74, 6) is 0.586. The summed E-state index contributed by atoms with van der Waals surface area (Å²) in [6, 6.07) is 6.53. The Balaban J connectivity index is 2.10. The normalized spacial score (nSPS) is 11.5. The van der Waals surface area contributed by atoms with E-state index in [1.165, 1.54) is 0 Å². The van der Waals surface area contributed by atoms with Gasteiger partial charge in [0.25, 0.3) is 0 Å². The Morgan fingerprint density at radius 1 is 1.25 bits per heavy atom. The van der Waals surface area contributed by atoms with Crippen molar-refractivity contribution in [2.45, 2.75) is 24.9 Å². The van der Waals surface area contributed by atoms with Gasteiger partial charge in [-0.25, -0.2) is 13.1 Å². The van der Waals surface area contributed by atoms with Crippen molar-refractivity contribution >= 4 is 15.7 Å². The van der Waals surface area contributed by atoms with Crippen LogP contribution in [0.25, 0.3) is 0 Å². The third-order valence-electron chi connectivity index (χ3n) is 2.91. The maximum absolute atomic E-state index is 12.1. The van der Waals surface area contributed by atoms with E-state index in [4.69, 9.17) is 0 Å². The minimum atomic E-state index is -3.55. The lowest BCUT2D eigenvalue weighted by atomic mass is 10.3. The first-order chi connectivity index (χ1) is 9.56. The molecule has 0 spiro atoms. The van der Waals surface area contributed by atoms with Crippen molar-refractivity contribution < 1.29 is 8.42 Å². The second-order valence-electron chi connectivity index (χ2n) is 4.13. The highest BCUT2D eigenvalue weighted by Gasteiger charge is 2.15. The van der Waals surface area contributed by atoms with E-state index in [1.54, 1.807) is 42.2 Å². The molecule has 0 unspecified atom stereocenters. The van der Waals surface area contributed by atoms with Crippen LogP contribution >= 0.6 is 0 Å². The second-order valence-corrected chi connectivity index (χ2v) is 5.90. The molecular formula is C12H17N5O2S. The van der Waals surface area contributed by atoms with Gasteiger partial charge in [-0.3, -0.25) is 0 Å². The Hall–Kier alpha value is -1.93. The number of anilines is 1. The maximum atomic E-state index is 12.1. The number of hydrogen-bond acceptors (Lipinski definition) is 5. The van der Waals surface area contributed by atoms with Crippen LogP contribution in [-0.2, 0) is 23.1 Å². The van der Waals surface area contributed by atoms with Gasteiger partial charge in [-0.1, -0.05) is 0 Å². The van der Waals surface area contributed by atoms with E-state index in [2.05, 4.69) is 20.2 Å². The monoisotopic (exact) mass is 295 g/mol. The van der Waals surface area contributed by atoms with Crippen LogP contribution in [0.4, 0.5) is 5.69 Å². The topological polar surface area (TPSA) is 88.9 Å². The van der Waals surface area contributed by atoms with Crippen molar-refractivity contribution in [1.82, 2.24) is 19.5 Å². The molecule has 8 heteroatoms. The summed E-state index contributed by atoms with van der Waals surface area (Å²) in [6.45, 7) is 2.75. The second kappa shape index (κ2) is 6.02. The molecule has 1 heterocycles. The molecule has 0 fully saturated rings. The van der Waals surface area contributed by atoms with Crippen LogP contribution in [0, 0.1) is 0 Å². The predicted octanol–water partition coefficient (Wildman–Crippen LogP) is 0.818. The van der Waals surface area contributed by atoms with Gasteiger partial charge >= 0.3 is 0 Å². The Morgan fingerprint density at radius 3 is 2.55 bits per heavy atom. The van der Waals surface area contributed by atoms with E-state index in [0.29, 0.717) is 12.4 Å². The third-order valence-corrected chi connectivity index (χ3v) is 4.33. The molecule has 0 radical (unpaired) electrons. The highest BCUT2D eigenvalue weighted by Crippen LogP contribution is 2.13. The van der Waals surface area contributed by atoms with E-state index in [-0.39, 0.29) is 11.4 Å². The van der Waals surface area contributed by atoms with Gasteiger partial charge in [0.2, 0.25) is 10.0 Å². The van der Waals surface area contributed by atoms with Crippen molar-refractivity contribution in [3.63, 3.8) is 0 Å². The van der Waals surface area contributed by atoms with Crippen LogP contribution in [0.5, 0.6) is 0 Å². The maximum Gasteiger partial charge on any atom is 0.240 e. The van der Waals surface area contributed by atoms with Gasteiger partial charge in [0.05, 0.1) is 11.4 Å². The van der Waals surface area contributed by atoms with Gasteiger partial charge in [-0.15, -0.1) is 10.2 Å². The van der Waals surface area contributed by atoms with Gasteiger partial charge in [0.15, 0.2) is 0 Å². The van der Waals surface area contributed by atoms with Crippen molar-refractivity contribution in [3.8, 4) is 0 Å². The van der Waals surface area contributed by atoms with E-state index in [0.717, 1.165) is 5.69 Å². The molecule has 2 aromatic rings. The van der Waals surface area contributed by atoms with Crippen molar-refractivity contribution in [1.29, 1.82) is 0 Å². The molecule has 0 atom stereocenters. The quantitative estimate of drug-likeness (QED) is 0.823. The fourth-order valence-electron chi connectivity index (χ4n) is 1.72. The summed E-state index contributed by atoms with van der Waals surface area (Å²) >= 11 is 0. The number of nitrogens with zero attached hydrogens (tertiary/aromatic N) is 3. The summed E-state index contributed by atoms with van der Waals surface area (Å²) in [4.78, 5) is 0.221. The van der Waals surface area contributed by atoms with Crippen molar-refractivity contribution in [3.05, 3.63) is 36.4 Å². The fourth-order valence-corrected chi connectivity index (χ4v) is 2.70. The first kappa shape index (κ1) is 14.5. The number of aryl methyl sites for hydroxylation is 1. The lowest BCUT2D eigenvalue weighted by molar-refractivity contribution is 0.575. The van der Waals surface area contributed by atoms with E-state index >= 15 is 0 Å². The van der Waals surface area contributed by atoms with Crippen molar-refractivity contribution in [2.75, 3.05) is 12.4 Å². The smallest absolute Gasteiger partial charge is 0.240 e. The predicted molar refractivity (Wildman–Crippen MR) is 75.7 cm³/mol. The number of benzene rings is 1. The van der Waals surface area contributed by atoms with Crippen LogP contribution in [0.3, 0.4) is 0 Å². The average Bonchev–Trinajstić information content (AvgIpc) is 2.93. The van der Waals surface area contributed by atoms with Gasteiger partial charge in [-0.2, -0.15) is 0 Å². The molecule has 0 saturated heterocycles. The molecule has 0 aliphatic carbocycles. The van der Waals surface area contributed by atoms with E-state index < -0.39 is 10.0 Å². The summed E-state index contributed by atoms with van der Waals surface area (Å²) in [5.41, 5.74) is 0.856. The molecule has 0 aliphatic heterocycles. The molecule has 7 nitrogen and oxygen atoms in total. The van der Waals surface area contributed by atoms with Crippen LogP contribution in [0.2, 0.25) is 0 Å². The highest BCUT2D eigenvalue weighted by atomic mass is 32.2.